The Kier molecular flexibility index (Phi) is 3.81. The molecule has 98 valence electrons. The minimum atomic E-state index is -0.0917. The van der Waals surface area contributed by atoms with Crippen molar-refractivity contribution in [3.63, 3.8) is 0 Å². The molecule has 2 unspecified atom stereocenters. The summed E-state index contributed by atoms with van der Waals surface area (Å²) in [6.45, 7) is 5.30. The normalized spacial score (nSPS) is 23.7. The van der Waals surface area contributed by atoms with Crippen molar-refractivity contribution in [2.75, 3.05) is 18.9 Å². The first kappa shape index (κ1) is 12.8. The van der Waals surface area contributed by atoms with Crippen molar-refractivity contribution in [3.05, 3.63) is 23.4 Å². The smallest absolute Gasteiger partial charge is 0.251 e. The van der Waals surface area contributed by atoms with E-state index in [0.29, 0.717) is 30.5 Å². The SMILES string of the molecule is Cc1cc(C(=O)NC2CCOCC2C)cc(N)n1. The van der Waals surface area contributed by atoms with Crippen molar-refractivity contribution in [1.82, 2.24) is 10.3 Å². The molecule has 0 saturated carbocycles. The van der Waals surface area contributed by atoms with Crippen molar-refractivity contribution in [2.45, 2.75) is 26.3 Å². The summed E-state index contributed by atoms with van der Waals surface area (Å²) in [5, 5.41) is 3.04. The molecular weight excluding hydrogens is 230 g/mol. The molecule has 1 aliphatic rings. The van der Waals surface area contributed by atoms with Crippen molar-refractivity contribution < 1.29 is 9.53 Å². The van der Waals surface area contributed by atoms with E-state index in [1.165, 1.54) is 0 Å². The fourth-order valence-corrected chi connectivity index (χ4v) is 2.17. The molecule has 2 heterocycles. The molecule has 2 rings (SSSR count). The van der Waals surface area contributed by atoms with Crippen LogP contribution < -0.4 is 11.1 Å². The third-order valence-corrected chi connectivity index (χ3v) is 3.19. The molecule has 5 heteroatoms. The summed E-state index contributed by atoms with van der Waals surface area (Å²) in [4.78, 5) is 16.2. The van der Waals surface area contributed by atoms with Crippen molar-refractivity contribution >= 4 is 11.7 Å². The van der Waals surface area contributed by atoms with E-state index in [9.17, 15) is 4.79 Å². The predicted molar refractivity (Wildman–Crippen MR) is 69.2 cm³/mol. The van der Waals surface area contributed by atoms with E-state index in [4.69, 9.17) is 10.5 Å². The van der Waals surface area contributed by atoms with E-state index in [2.05, 4.69) is 17.2 Å². The van der Waals surface area contributed by atoms with Gasteiger partial charge < -0.3 is 15.8 Å². The highest BCUT2D eigenvalue weighted by atomic mass is 16.5. The second kappa shape index (κ2) is 5.35. The molecular formula is C13H19N3O2. The number of carbonyl (C=O) groups excluding carboxylic acids is 1. The summed E-state index contributed by atoms with van der Waals surface area (Å²) in [7, 11) is 0. The average Bonchev–Trinajstić information content (AvgIpc) is 2.31. The third kappa shape index (κ3) is 2.98. The maximum atomic E-state index is 12.1. The number of amides is 1. The lowest BCUT2D eigenvalue weighted by atomic mass is 9.97. The monoisotopic (exact) mass is 249 g/mol. The fourth-order valence-electron chi connectivity index (χ4n) is 2.17. The summed E-state index contributed by atoms with van der Waals surface area (Å²) in [5.41, 5.74) is 6.96. The molecule has 0 bridgehead atoms. The Bertz CT molecular complexity index is 428. The van der Waals surface area contributed by atoms with E-state index in [1.807, 2.05) is 6.92 Å². The molecule has 0 aromatic carbocycles. The van der Waals surface area contributed by atoms with E-state index in [0.717, 1.165) is 12.1 Å². The zero-order valence-electron chi connectivity index (χ0n) is 10.8. The lowest BCUT2D eigenvalue weighted by molar-refractivity contribution is 0.0375. The first-order chi connectivity index (χ1) is 8.56. The van der Waals surface area contributed by atoms with Gasteiger partial charge >= 0.3 is 0 Å². The number of carbonyl (C=O) groups is 1. The van der Waals surface area contributed by atoms with Crippen LogP contribution in [-0.2, 0) is 4.74 Å². The van der Waals surface area contributed by atoms with Crippen LogP contribution in [0.4, 0.5) is 5.82 Å². The Balaban J connectivity index is 2.06. The van der Waals surface area contributed by atoms with Crippen LogP contribution in [0, 0.1) is 12.8 Å². The summed E-state index contributed by atoms with van der Waals surface area (Å²) < 4.78 is 5.36. The molecule has 0 aliphatic carbocycles. The van der Waals surface area contributed by atoms with Gasteiger partial charge in [-0.1, -0.05) is 6.92 Å². The van der Waals surface area contributed by atoms with Crippen LogP contribution in [-0.4, -0.2) is 30.1 Å². The van der Waals surface area contributed by atoms with Gasteiger partial charge in [0.25, 0.3) is 5.91 Å². The first-order valence-electron chi connectivity index (χ1n) is 6.19. The van der Waals surface area contributed by atoms with Gasteiger partial charge in [-0.25, -0.2) is 4.98 Å². The Morgan fingerprint density at radius 1 is 1.56 bits per heavy atom. The van der Waals surface area contributed by atoms with Gasteiger partial charge in [-0.2, -0.15) is 0 Å². The molecule has 3 N–H and O–H groups in total. The van der Waals surface area contributed by atoms with Crippen LogP contribution in [0.1, 0.15) is 29.4 Å². The number of hydrogen-bond donors (Lipinski definition) is 2. The Morgan fingerprint density at radius 3 is 3.00 bits per heavy atom. The number of nitrogen functional groups attached to an aromatic ring is 1. The molecule has 1 aromatic heterocycles. The largest absolute Gasteiger partial charge is 0.384 e. The minimum Gasteiger partial charge on any atom is -0.384 e. The molecule has 0 radical (unpaired) electrons. The highest BCUT2D eigenvalue weighted by Gasteiger charge is 2.23. The third-order valence-electron chi connectivity index (χ3n) is 3.19. The molecule has 1 fully saturated rings. The summed E-state index contributed by atoms with van der Waals surface area (Å²) in [6, 6.07) is 3.52. The van der Waals surface area contributed by atoms with Crippen molar-refractivity contribution in [3.8, 4) is 0 Å². The Morgan fingerprint density at radius 2 is 2.33 bits per heavy atom. The van der Waals surface area contributed by atoms with E-state index in [1.54, 1.807) is 12.1 Å². The van der Waals surface area contributed by atoms with E-state index >= 15 is 0 Å². The summed E-state index contributed by atoms with van der Waals surface area (Å²) in [5.74, 6) is 0.620. The van der Waals surface area contributed by atoms with Gasteiger partial charge in [0.05, 0.1) is 6.61 Å². The maximum absolute atomic E-state index is 12.1. The van der Waals surface area contributed by atoms with Crippen LogP contribution in [0.5, 0.6) is 0 Å². The quantitative estimate of drug-likeness (QED) is 0.823. The highest BCUT2D eigenvalue weighted by molar-refractivity contribution is 5.95. The number of aryl methyl sites for hydroxylation is 1. The fraction of sp³-hybridized carbons (Fsp3) is 0.538. The Labute approximate surface area is 107 Å². The van der Waals surface area contributed by atoms with Gasteiger partial charge in [-0.05, 0) is 31.4 Å². The number of nitrogens with zero attached hydrogens (tertiary/aromatic N) is 1. The van der Waals surface area contributed by atoms with Crippen LogP contribution in [0.25, 0.3) is 0 Å². The summed E-state index contributed by atoms with van der Waals surface area (Å²) in [6.07, 6.45) is 0.854. The van der Waals surface area contributed by atoms with Gasteiger partial charge in [0.1, 0.15) is 5.82 Å². The number of anilines is 1. The molecule has 1 aliphatic heterocycles. The van der Waals surface area contributed by atoms with Crippen LogP contribution >= 0.6 is 0 Å². The van der Waals surface area contributed by atoms with Crippen molar-refractivity contribution in [1.29, 1.82) is 0 Å². The van der Waals surface area contributed by atoms with Crippen molar-refractivity contribution in [2.24, 2.45) is 5.92 Å². The van der Waals surface area contributed by atoms with Gasteiger partial charge in [0, 0.05) is 23.9 Å². The summed E-state index contributed by atoms with van der Waals surface area (Å²) >= 11 is 0. The number of hydrogen-bond acceptors (Lipinski definition) is 4. The van der Waals surface area contributed by atoms with Gasteiger partial charge in [0.15, 0.2) is 0 Å². The molecule has 1 saturated heterocycles. The highest BCUT2D eigenvalue weighted by Crippen LogP contribution is 2.15. The van der Waals surface area contributed by atoms with E-state index in [-0.39, 0.29) is 11.9 Å². The number of rotatable bonds is 2. The van der Waals surface area contributed by atoms with Crippen LogP contribution in [0.2, 0.25) is 0 Å². The number of nitrogens with one attached hydrogen (secondary N) is 1. The lowest BCUT2D eigenvalue weighted by Gasteiger charge is -2.29. The zero-order valence-corrected chi connectivity index (χ0v) is 10.8. The number of pyridine rings is 1. The molecule has 1 aromatic rings. The second-order valence-electron chi connectivity index (χ2n) is 4.84. The van der Waals surface area contributed by atoms with E-state index < -0.39 is 0 Å². The standard InChI is InChI=1S/C13H19N3O2/c1-8-7-18-4-3-11(8)16-13(17)10-5-9(2)15-12(14)6-10/h5-6,8,11H,3-4,7H2,1-2H3,(H2,14,15)(H,16,17). The van der Waals surface area contributed by atoms with Crippen LogP contribution in [0.3, 0.4) is 0 Å². The molecule has 2 atom stereocenters. The van der Waals surface area contributed by atoms with Crippen LogP contribution in [0.15, 0.2) is 12.1 Å². The van der Waals surface area contributed by atoms with Gasteiger partial charge in [-0.3, -0.25) is 4.79 Å². The number of ether oxygens (including phenoxy) is 1. The number of nitrogens with two attached hydrogens (primary N) is 1. The van der Waals surface area contributed by atoms with Gasteiger partial charge in [0.2, 0.25) is 0 Å². The lowest BCUT2D eigenvalue weighted by Crippen LogP contribution is -2.44. The molecule has 5 nitrogen and oxygen atoms in total. The average molecular weight is 249 g/mol. The topological polar surface area (TPSA) is 77.2 Å². The van der Waals surface area contributed by atoms with Gasteiger partial charge in [-0.15, -0.1) is 0 Å². The number of aromatic nitrogens is 1. The molecule has 1 amide bonds. The second-order valence-corrected chi connectivity index (χ2v) is 4.84. The zero-order chi connectivity index (χ0) is 13.1. The predicted octanol–water partition coefficient (Wildman–Crippen LogP) is 1.13. The first-order valence-corrected chi connectivity index (χ1v) is 6.19. The molecule has 0 spiro atoms. The maximum Gasteiger partial charge on any atom is 0.251 e. The minimum absolute atomic E-state index is 0.0917. The molecule has 18 heavy (non-hydrogen) atoms. The Hall–Kier alpha value is -1.62.